The molecular formula is C25H29N7O3. The number of hydrogen-bond acceptors (Lipinski definition) is 8. The Kier molecular flexibility index (Phi) is 7.51. The third-order valence-electron chi connectivity index (χ3n) is 5.51. The molecule has 10 heteroatoms. The van der Waals surface area contributed by atoms with Gasteiger partial charge in [-0.25, -0.2) is 5.10 Å². The number of hydrogen-bond donors (Lipinski definition) is 2. The number of aromatic amines is 1. The van der Waals surface area contributed by atoms with E-state index in [2.05, 4.69) is 30.6 Å². The van der Waals surface area contributed by atoms with E-state index in [0.717, 1.165) is 17.5 Å². The zero-order valence-corrected chi connectivity index (χ0v) is 20.1. The van der Waals surface area contributed by atoms with E-state index < -0.39 is 0 Å². The molecule has 0 radical (unpaired) electrons. The van der Waals surface area contributed by atoms with Crippen LogP contribution in [0.25, 0.3) is 22.2 Å². The number of carbonyl (C=O) groups excluding carboxylic acids is 1. The highest BCUT2D eigenvalue weighted by Gasteiger charge is 2.21. The number of fused-ring (bicyclic) bond motifs is 1. The second-order valence-corrected chi connectivity index (χ2v) is 8.46. The van der Waals surface area contributed by atoms with E-state index >= 15 is 0 Å². The van der Waals surface area contributed by atoms with Crippen LogP contribution < -0.4 is 15.8 Å². The number of amides is 1. The Labute approximate surface area is 202 Å². The minimum Gasteiger partial charge on any atom is -0.368 e. The zero-order chi connectivity index (χ0) is 24.8. The van der Waals surface area contributed by atoms with Crippen LogP contribution in [0, 0.1) is 0 Å². The average Bonchev–Trinajstić information content (AvgIpc) is 3.35. The van der Waals surface area contributed by atoms with Crippen molar-refractivity contribution in [3.63, 3.8) is 0 Å². The predicted molar refractivity (Wildman–Crippen MR) is 135 cm³/mol. The number of nitrogens with zero attached hydrogens (tertiary/aromatic N) is 5. The normalized spacial score (nSPS) is 11.2. The van der Waals surface area contributed by atoms with E-state index in [-0.39, 0.29) is 17.5 Å². The molecule has 4 aromatic rings. The number of nitrogens with one attached hydrogen (secondary N) is 2. The Morgan fingerprint density at radius 1 is 1.09 bits per heavy atom. The van der Waals surface area contributed by atoms with Crippen LogP contribution in [0.2, 0.25) is 0 Å². The Balaban J connectivity index is 1.42. The van der Waals surface area contributed by atoms with Gasteiger partial charge < -0.3 is 14.7 Å². The molecule has 0 spiro atoms. The molecule has 2 N–H and O–H groups in total. The Hall–Kier alpha value is -4.05. The van der Waals surface area contributed by atoms with Gasteiger partial charge in [0.05, 0.1) is 5.39 Å². The van der Waals surface area contributed by atoms with Gasteiger partial charge in [0.2, 0.25) is 11.7 Å². The molecule has 0 atom stereocenters. The van der Waals surface area contributed by atoms with E-state index in [0.29, 0.717) is 43.0 Å². The lowest BCUT2D eigenvalue weighted by Crippen LogP contribution is -2.32. The molecule has 1 amide bonds. The summed E-state index contributed by atoms with van der Waals surface area (Å²) < 4.78 is 5.45. The van der Waals surface area contributed by atoms with Crippen molar-refractivity contribution in [1.29, 1.82) is 0 Å². The summed E-state index contributed by atoms with van der Waals surface area (Å²) in [6, 6.07) is 15.4. The molecule has 0 saturated heterocycles. The lowest BCUT2D eigenvalue weighted by molar-refractivity contribution is -0.118. The largest absolute Gasteiger partial charge is 0.368 e. The Morgan fingerprint density at radius 2 is 1.83 bits per heavy atom. The number of aromatic nitrogens is 4. The van der Waals surface area contributed by atoms with Crippen LogP contribution in [0.1, 0.15) is 25.3 Å². The van der Waals surface area contributed by atoms with Crippen LogP contribution in [0.15, 0.2) is 57.8 Å². The number of anilines is 2. The summed E-state index contributed by atoms with van der Waals surface area (Å²) >= 11 is 0. The highest BCUT2D eigenvalue weighted by Crippen LogP contribution is 2.22. The molecule has 2 heterocycles. The van der Waals surface area contributed by atoms with Crippen LogP contribution in [-0.2, 0) is 11.3 Å². The molecule has 10 nitrogen and oxygen atoms in total. The van der Waals surface area contributed by atoms with E-state index in [9.17, 15) is 9.59 Å². The van der Waals surface area contributed by atoms with Gasteiger partial charge in [-0.2, -0.15) is 10.1 Å². The van der Waals surface area contributed by atoms with Crippen molar-refractivity contribution >= 4 is 28.5 Å². The molecule has 2 aromatic carbocycles. The van der Waals surface area contributed by atoms with Crippen molar-refractivity contribution < 1.29 is 9.32 Å². The second-order valence-electron chi connectivity index (χ2n) is 8.46. The first-order valence-corrected chi connectivity index (χ1v) is 11.6. The Morgan fingerprint density at radius 3 is 2.54 bits per heavy atom. The molecular weight excluding hydrogens is 446 g/mol. The molecule has 4 rings (SSSR count). The topological polar surface area (TPSA) is 120 Å². The van der Waals surface area contributed by atoms with Crippen LogP contribution in [0.3, 0.4) is 0 Å². The van der Waals surface area contributed by atoms with Gasteiger partial charge in [0, 0.05) is 37.0 Å². The van der Waals surface area contributed by atoms with Gasteiger partial charge >= 0.3 is 6.01 Å². The first kappa shape index (κ1) is 24.1. The van der Waals surface area contributed by atoms with Crippen LogP contribution in [0.5, 0.6) is 0 Å². The quantitative estimate of drug-likeness (QED) is 0.335. The molecule has 0 aliphatic carbocycles. The summed E-state index contributed by atoms with van der Waals surface area (Å²) in [4.78, 5) is 32.6. The van der Waals surface area contributed by atoms with Crippen molar-refractivity contribution in [3.8, 4) is 11.4 Å². The van der Waals surface area contributed by atoms with E-state index in [1.165, 1.54) is 10.5 Å². The first-order valence-electron chi connectivity index (χ1n) is 11.6. The smallest absolute Gasteiger partial charge is 0.331 e. The highest BCUT2D eigenvalue weighted by atomic mass is 16.5. The minimum atomic E-state index is -0.231. The number of rotatable bonds is 10. The SMILES string of the molecule is CCC(=O)N(CCCNc1n[nH]c(=O)c2ccccc12)c1nc(-c2ccc(CN(C)C)cc2)no1. The number of benzene rings is 2. The first-order chi connectivity index (χ1) is 17.0. The summed E-state index contributed by atoms with van der Waals surface area (Å²) in [5.74, 6) is 0.924. The molecule has 0 aliphatic rings. The fourth-order valence-corrected chi connectivity index (χ4v) is 3.78. The number of H-pyrrole nitrogens is 1. The monoisotopic (exact) mass is 475 g/mol. The third kappa shape index (κ3) is 5.72. The fraction of sp³-hybridized carbons (Fsp3) is 0.320. The minimum absolute atomic E-state index is 0.103. The third-order valence-corrected chi connectivity index (χ3v) is 5.51. The molecule has 0 aliphatic heterocycles. The molecule has 0 saturated carbocycles. The molecule has 2 aromatic heterocycles. The number of carbonyl (C=O) groups is 1. The summed E-state index contributed by atoms with van der Waals surface area (Å²) in [5, 5.41) is 15.3. The van der Waals surface area contributed by atoms with Crippen molar-refractivity contribution in [2.45, 2.75) is 26.3 Å². The molecule has 35 heavy (non-hydrogen) atoms. The molecule has 182 valence electrons. The maximum atomic E-state index is 12.6. The van der Waals surface area contributed by atoms with Gasteiger partial charge in [-0.05, 0) is 32.1 Å². The van der Waals surface area contributed by atoms with Gasteiger partial charge in [0.25, 0.3) is 5.56 Å². The highest BCUT2D eigenvalue weighted by molar-refractivity contribution is 5.91. The fourth-order valence-electron chi connectivity index (χ4n) is 3.78. The summed E-state index contributed by atoms with van der Waals surface area (Å²) in [6.45, 7) is 3.56. The summed E-state index contributed by atoms with van der Waals surface area (Å²) in [6.07, 6.45) is 0.925. The standard InChI is InChI=1S/C25H29N7O3/c1-4-21(33)32(15-7-14-26-23-19-8-5-6-9-20(19)24(34)29-28-23)25-27-22(30-35-25)18-12-10-17(11-13-18)16-31(2)3/h5-6,8-13H,4,7,14-16H2,1-3H3,(H,26,28)(H,29,34). The van der Waals surface area contributed by atoms with Crippen molar-refractivity contribution in [3.05, 3.63) is 64.4 Å². The lowest BCUT2D eigenvalue weighted by atomic mass is 10.1. The average molecular weight is 476 g/mol. The van der Waals surface area contributed by atoms with Crippen molar-refractivity contribution in [2.75, 3.05) is 37.4 Å². The van der Waals surface area contributed by atoms with Gasteiger partial charge in [-0.1, -0.05) is 54.5 Å². The Bertz CT molecular complexity index is 1350. The maximum absolute atomic E-state index is 12.6. The second kappa shape index (κ2) is 10.9. The molecule has 0 bridgehead atoms. The van der Waals surface area contributed by atoms with Crippen molar-refractivity contribution in [1.82, 2.24) is 25.2 Å². The van der Waals surface area contributed by atoms with E-state index in [1.54, 1.807) is 13.0 Å². The van der Waals surface area contributed by atoms with Gasteiger partial charge in [-0.3, -0.25) is 14.5 Å². The van der Waals surface area contributed by atoms with Crippen molar-refractivity contribution in [2.24, 2.45) is 0 Å². The van der Waals surface area contributed by atoms with E-state index in [4.69, 9.17) is 4.52 Å². The van der Waals surface area contributed by atoms with Crippen LogP contribution in [-0.4, -0.2) is 58.3 Å². The van der Waals surface area contributed by atoms with Crippen LogP contribution >= 0.6 is 0 Å². The zero-order valence-electron chi connectivity index (χ0n) is 20.1. The summed E-state index contributed by atoms with van der Waals surface area (Å²) in [7, 11) is 4.04. The lowest BCUT2D eigenvalue weighted by Gasteiger charge is -2.17. The molecule has 0 unspecified atom stereocenters. The predicted octanol–water partition coefficient (Wildman–Crippen LogP) is 3.28. The van der Waals surface area contributed by atoms with Crippen LogP contribution in [0.4, 0.5) is 11.8 Å². The summed E-state index contributed by atoms with van der Waals surface area (Å²) in [5.41, 5.74) is 1.78. The van der Waals surface area contributed by atoms with Gasteiger partial charge in [0.1, 0.15) is 0 Å². The van der Waals surface area contributed by atoms with Gasteiger partial charge in [-0.15, -0.1) is 0 Å². The maximum Gasteiger partial charge on any atom is 0.331 e. The van der Waals surface area contributed by atoms with Gasteiger partial charge in [0.15, 0.2) is 5.82 Å². The molecule has 0 fully saturated rings. The van der Waals surface area contributed by atoms with E-state index in [1.807, 2.05) is 56.6 Å².